The fraction of sp³-hybridized carbons (Fsp3) is 0.462. The van der Waals surface area contributed by atoms with E-state index in [1.807, 2.05) is 35.2 Å². The first-order valence-electron chi connectivity index (χ1n) is 12.2. The molecule has 1 amide bonds. The molecule has 0 saturated carbocycles. The summed E-state index contributed by atoms with van der Waals surface area (Å²) in [6.45, 7) is 2.85. The van der Waals surface area contributed by atoms with Crippen LogP contribution in [-0.4, -0.2) is 61.3 Å². The van der Waals surface area contributed by atoms with E-state index in [0.29, 0.717) is 41.8 Å². The van der Waals surface area contributed by atoms with Crippen molar-refractivity contribution in [1.82, 2.24) is 14.5 Å². The minimum absolute atomic E-state index is 0.0829. The molecule has 0 unspecified atom stereocenters. The number of amides is 1. The zero-order valence-electron chi connectivity index (χ0n) is 20.8. The summed E-state index contributed by atoms with van der Waals surface area (Å²) in [7, 11) is 4.74. The van der Waals surface area contributed by atoms with Gasteiger partial charge in [0.05, 0.1) is 32.4 Å². The number of nitrogens with two attached hydrogens (primary N) is 1. The second-order valence-electron chi connectivity index (χ2n) is 8.68. The van der Waals surface area contributed by atoms with Gasteiger partial charge in [-0.25, -0.2) is 4.98 Å². The van der Waals surface area contributed by atoms with E-state index < -0.39 is 0 Å². The molecule has 0 radical (unpaired) electrons. The van der Waals surface area contributed by atoms with Gasteiger partial charge in [0.25, 0.3) is 5.91 Å². The highest BCUT2D eigenvalue weighted by atomic mass is 16.5. The maximum Gasteiger partial charge on any atom is 0.253 e. The van der Waals surface area contributed by atoms with Gasteiger partial charge in [0.1, 0.15) is 0 Å². The zero-order chi connectivity index (χ0) is 24.8. The number of nitrogens with zero attached hydrogens (tertiary/aromatic N) is 3. The topological polar surface area (TPSA) is 104 Å². The number of nitrogens with one attached hydrogen (secondary N) is 1. The first-order chi connectivity index (χ1) is 17.1. The summed E-state index contributed by atoms with van der Waals surface area (Å²) in [6, 6.07) is 9.41. The minimum atomic E-state index is 0.0829. The monoisotopic (exact) mass is 481 g/mol. The second-order valence-corrected chi connectivity index (χ2v) is 8.68. The number of anilines is 2. The van der Waals surface area contributed by atoms with Gasteiger partial charge in [-0.05, 0) is 44.0 Å². The van der Waals surface area contributed by atoms with Crippen molar-refractivity contribution in [3.8, 4) is 17.2 Å². The predicted molar refractivity (Wildman–Crippen MR) is 137 cm³/mol. The number of methoxy groups -OCH3 is 3. The summed E-state index contributed by atoms with van der Waals surface area (Å²) in [4.78, 5) is 20.0. The third-order valence-electron chi connectivity index (χ3n) is 6.40. The number of likely N-dealkylation sites (tertiary alicyclic amines) is 1. The molecule has 0 bridgehead atoms. The number of imidazole rings is 1. The Hall–Kier alpha value is -3.46. The lowest BCUT2D eigenvalue weighted by Crippen LogP contribution is -2.31. The molecular formula is C26H35N5O4. The highest BCUT2D eigenvalue weighted by Crippen LogP contribution is 2.40. The molecule has 9 heteroatoms. The van der Waals surface area contributed by atoms with Crippen molar-refractivity contribution in [2.75, 3.05) is 46.3 Å². The Morgan fingerprint density at radius 2 is 1.69 bits per heavy atom. The number of fused-ring (bicyclic) bond motifs is 1. The predicted octanol–water partition coefficient (Wildman–Crippen LogP) is 4.17. The van der Waals surface area contributed by atoms with Gasteiger partial charge in [0.15, 0.2) is 11.5 Å². The molecule has 188 valence electrons. The summed E-state index contributed by atoms with van der Waals surface area (Å²) >= 11 is 0. The third-order valence-corrected chi connectivity index (χ3v) is 6.40. The van der Waals surface area contributed by atoms with Crippen LogP contribution in [-0.2, 0) is 6.54 Å². The second kappa shape index (κ2) is 11.3. The quantitative estimate of drug-likeness (QED) is 0.473. The largest absolute Gasteiger partial charge is 0.493 e. The van der Waals surface area contributed by atoms with Gasteiger partial charge in [-0.1, -0.05) is 12.8 Å². The number of ether oxygens (including phenoxy) is 3. The molecule has 1 fully saturated rings. The first-order valence-corrected chi connectivity index (χ1v) is 12.2. The smallest absolute Gasteiger partial charge is 0.253 e. The number of hydrogen-bond donors (Lipinski definition) is 2. The van der Waals surface area contributed by atoms with Crippen molar-refractivity contribution >= 4 is 28.6 Å². The van der Waals surface area contributed by atoms with Gasteiger partial charge in [0, 0.05) is 43.0 Å². The van der Waals surface area contributed by atoms with Crippen LogP contribution in [0, 0.1) is 0 Å². The van der Waals surface area contributed by atoms with Gasteiger partial charge in [-0.2, -0.15) is 0 Å². The number of hydrogen-bond acceptors (Lipinski definition) is 7. The fourth-order valence-electron chi connectivity index (χ4n) is 4.57. The molecule has 0 spiro atoms. The highest BCUT2D eigenvalue weighted by Gasteiger charge is 2.20. The normalized spacial score (nSPS) is 14.0. The van der Waals surface area contributed by atoms with Crippen molar-refractivity contribution in [1.29, 1.82) is 0 Å². The molecule has 1 aliphatic heterocycles. The Labute approximate surface area is 206 Å². The van der Waals surface area contributed by atoms with Crippen LogP contribution in [0.25, 0.3) is 11.0 Å². The van der Waals surface area contributed by atoms with Crippen LogP contribution in [0.2, 0.25) is 0 Å². The molecule has 1 aromatic heterocycles. The van der Waals surface area contributed by atoms with Crippen LogP contribution in [0.15, 0.2) is 30.3 Å². The average molecular weight is 482 g/mol. The maximum atomic E-state index is 13.2. The molecule has 2 aromatic carbocycles. The van der Waals surface area contributed by atoms with E-state index in [-0.39, 0.29) is 5.91 Å². The average Bonchev–Trinajstić information content (AvgIpc) is 3.03. The van der Waals surface area contributed by atoms with Crippen LogP contribution < -0.4 is 25.3 Å². The van der Waals surface area contributed by atoms with E-state index in [0.717, 1.165) is 49.1 Å². The molecule has 9 nitrogen and oxygen atoms in total. The zero-order valence-corrected chi connectivity index (χ0v) is 20.8. The molecular weight excluding hydrogens is 446 g/mol. The maximum absolute atomic E-state index is 13.2. The number of benzene rings is 2. The summed E-state index contributed by atoms with van der Waals surface area (Å²) in [5.41, 5.74) is 8.96. The number of rotatable bonds is 9. The SMILES string of the molecule is COc1cc(Nc2nc3ccc(C(=O)N4CCCCCC4)cc3n2CCCN)cc(OC)c1OC. The van der Waals surface area contributed by atoms with Crippen molar-refractivity contribution in [3.63, 3.8) is 0 Å². The highest BCUT2D eigenvalue weighted by molar-refractivity contribution is 5.98. The summed E-state index contributed by atoms with van der Waals surface area (Å²) in [5.74, 6) is 2.35. The summed E-state index contributed by atoms with van der Waals surface area (Å²) in [6.07, 6.45) is 5.27. The van der Waals surface area contributed by atoms with E-state index in [9.17, 15) is 4.79 Å². The first kappa shape index (κ1) is 24.7. The van der Waals surface area contributed by atoms with Gasteiger partial charge < -0.3 is 34.7 Å². The minimum Gasteiger partial charge on any atom is -0.493 e. The summed E-state index contributed by atoms with van der Waals surface area (Å²) in [5, 5.41) is 3.39. The third kappa shape index (κ3) is 5.30. The fourth-order valence-corrected chi connectivity index (χ4v) is 4.57. The Balaban J connectivity index is 1.71. The lowest BCUT2D eigenvalue weighted by Gasteiger charge is -2.20. The van der Waals surface area contributed by atoms with Gasteiger partial charge in [0.2, 0.25) is 11.7 Å². The van der Waals surface area contributed by atoms with Crippen molar-refractivity contribution in [3.05, 3.63) is 35.9 Å². The number of aromatic nitrogens is 2. The van der Waals surface area contributed by atoms with Crippen molar-refractivity contribution in [2.24, 2.45) is 5.73 Å². The Bertz CT molecular complexity index is 1140. The van der Waals surface area contributed by atoms with Gasteiger partial charge >= 0.3 is 0 Å². The molecule has 1 aliphatic rings. The number of aryl methyl sites for hydroxylation is 1. The Kier molecular flexibility index (Phi) is 7.97. The lowest BCUT2D eigenvalue weighted by molar-refractivity contribution is 0.0762. The molecule has 0 aliphatic carbocycles. The summed E-state index contributed by atoms with van der Waals surface area (Å²) < 4.78 is 18.5. The Morgan fingerprint density at radius 1 is 1.00 bits per heavy atom. The lowest BCUT2D eigenvalue weighted by atomic mass is 10.1. The van der Waals surface area contributed by atoms with Crippen LogP contribution >= 0.6 is 0 Å². The molecule has 3 N–H and O–H groups in total. The van der Waals surface area contributed by atoms with Crippen LogP contribution in [0.3, 0.4) is 0 Å². The molecule has 2 heterocycles. The van der Waals surface area contributed by atoms with E-state index in [1.165, 1.54) is 12.8 Å². The molecule has 0 atom stereocenters. The van der Waals surface area contributed by atoms with Crippen LogP contribution in [0.1, 0.15) is 42.5 Å². The van der Waals surface area contributed by atoms with E-state index in [4.69, 9.17) is 24.9 Å². The number of carbonyl (C=O) groups excluding carboxylic acids is 1. The van der Waals surface area contributed by atoms with Crippen molar-refractivity contribution < 1.29 is 19.0 Å². The van der Waals surface area contributed by atoms with Gasteiger partial charge in [-0.3, -0.25) is 4.79 Å². The van der Waals surface area contributed by atoms with E-state index in [2.05, 4.69) is 9.88 Å². The van der Waals surface area contributed by atoms with Crippen molar-refractivity contribution in [2.45, 2.75) is 38.6 Å². The molecule has 1 saturated heterocycles. The standard InChI is InChI=1S/C26H35N5O4/c1-33-22-16-19(17-23(34-2)24(22)35-3)28-26-29-20-10-9-18(15-21(20)31(26)14-8-11-27)25(32)30-12-6-4-5-7-13-30/h9-10,15-17H,4-8,11-14,27H2,1-3H3,(H,28,29). The molecule has 35 heavy (non-hydrogen) atoms. The van der Waals surface area contributed by atoms with Crippen LogP contribution in [0.4, 0.5) is 11.6 Å². The molecule has 3 aromatic rings. The van der Waals surface area contributed by atoms with Gasteiger partial charge in [-0.15, -0.1) is 0 Å². The van der Waals surface area contributed by atoms with Crippen LogP contribution in [0.5, 0.6) is 17.2 Å². The van der Waals surface area contributed by atoms with E-state index in [1.54, 1.807) is 21.3 Å². The number of carbonyl (C=O) groups is 1. The van der Waals surface area contributed by atoms with E-state index >= 15 is 0 Å². The Morgan fingerprint density at radius 3 is 2.29 bits per heavy atom. The molecule has 4 rings (SSSR count).